The van der Waals surface area contributed by atoms with Crippen LogP contribution in [0.3, 0.4) is 0 Å². The van der Waals surface area contributed by atoms with Gasteiger partial charge in [0.1, 0.15) is 0 Å². The SMILES string of the molecule is c1ccc2cc3c(cc2c1)C1CC3c2c1c1c(c3c2C2CC3c3cc4ccccc4cc32)C2CC1c1cc3ccccc3cc12. The highest BCUT2D eigenvalue weighted by Crippen LogP contribution is 2.72. The molecule has 6 atom stereocenters. The fourth-order valence-corrected chi connectivity index (χ4v) is 11.9. The topological polar surface area (TPSA) is 0 Å². The van der Waals surface area contributed by atoms with Crippen LogP contribution in [0.5, 0.6) is 0 Å². The van der Waals surface area contributed by atoms with Gasteiger partial charge in [-0.25, -0.2) is 0 Å². The zero-order valence-electron chi connectivity index (χ0n) is 25.0. The number of fused-ring (bicyclic) bond motifs is 30. The van der Waals surface area contributed by atoms with E-state index in [2.05, 4.69) is 109 Å². The minimum Gasteiger partial charge on any atom is -0.0616 e. The first-order valence-electron chi connectivity index (χ1n) is 17.1. The van der Waals surface area contributed by atoms with Crippen LogP contribution in [-0.2, 0) is 0 Å². The summed E-state index contributed by atoms with van der Waals surface area (Å²) in [5.41, 5.74) is 20.4. The zero-order valence-corrected chi connectivity index (χ0v) is 25.0. The van der Waals surface area contributed by atoms with E-state index in [1.165, 1.54) is 51.6 Å². The fourth-order valence-electron chi connectivity index (χ4n) is 11.9. The van der Waals surface area contributed by atoms with Gasteiger partial charge >= 0.3 is 0 Å². The second kappa shape index (κ2) is 7.40. The van der Waals surface area contributed by atoms with Crippen LogP contribution >= 0.6 is 0 Å². The molecule has 0 aromatic heterocycles. The van der Waals surface area contributed by atoms with Gasteiger partial charge in [-0.1, -0.05) is 109 Å². The molecule has 0 heterocycles. The monoisotopic (exact) mass is 570 g/mol. The smallest absolute Gasteiger partial charge is 0.0108 e. The van der Waals surface area contributed by atoms with Crippen molar-refractivity contribution in [2.24, 2.45) is 0 Å². The quantitative estimate of drug-likeness (QED) is 0.170. The van der Waals surface area contributed by atoms with Gasteiger partial charge in [-0.05, 0) is 118 Å². The predicted octanol–water partition coefficient (Wildman–Crippen LogP) is 11.1. The Labute approximate surface area is 262 Å². The van der Waals surface area contributed by atoms with Gasteiger partial charge < -0.3 is 0 Å². The summed E-state index contributed by atoms with van der Waals surface area (Å²) in [7, 11) is 0. The highest BCUT2D eigenvalue weighted by Gasteiger charge is 2.56. The first-order valence-corrected chi connectivity index (χ1v) is 17.1. The Hall–Kier alpha value is -4.68. The maximum Gasteiger partial charge on any atom is 0.0108 e. The summed E-state index contributed by atoms with van der Waals surface area (Å²) < 4.78 is 0. The molecule has 0 fully saturated rings. The van der Waals surface area contributed by atoms with E-state index in [9.17, 15) is 0 Å². The number of benzene rings is 7. The average molecular weight is 571 g/mol. The van der Waals surface area contributed by atoms with Gasteiger partial charge in [-0.2, -0.15) is 0 Å². The number of hydrogen-bond acceptors (Lipinski definition) is 0. The molecule has 45 heavy (non-hydrogen) atoms. The average Bonchev–Trinajstić information content (AvgIpc) is 3.93. The fraction of sp³-hybridized carbons (Fsp3) is 0.200. The van der Waals surface area contributed by atoms with Crippen LogP contribution in [0.4, 0.5) is 0 Å². The van der Waals surface area contributed by atoms with Gasteiger partial charge in [0, 0.05) is 35.5 Å². The molecule has 0 saturated heterocycles. The standard InChI is InChI=1S/C45H30/c1-2-8-23-14-29-28(13-22(23)7-1)34-19-35(29)41-40(34)42-36-20-38(31-16-25-10-4-3-9-24(25)15-30(31)36)44(42)45-39-21-37(43(41)45)32-17-26-11-5-6-12-27(26)18-33(32)39/h1-18,34-39H,19-21H2. The second-order valence-electron chi connectivity index (χ2n) is 15.0. The summed E-state index contributed by atoms with van der Waals surface area (Å²) in [5, 5.41) is 8.42. The first kappa shape index (κ1) is 22.8. The maximum atomic E-state index is 2.57. The molecule has 0 saturated carbocycles. The Morgan fingerprint density at radius 1 is 0.267 bits per heavy atom. The van der Waals surface area contributed by atoms with E-state index in [1.807, 2.05) is 0 Å². The van der Waals surface area contributed by atoms with E-state index in [-0.39, 0.29) is 0 Å². The van der Waals surface area contributed by atoms with Crippen LogP contribution < -0.4 is 0 Å². The first-order chi connectivity index (χ1) is 22.3. The zero-order chi connectivity index (χ0) is 28.7. The molecular weight excluding hydrogens is 540 g/mol. The summed E-state index contributed by atoms with van der Waals surface area (Å²) in [6, 6.07) is 42.6. The van der Waals surface area contributed by atoms with E-state index in [0.29, 0.717) is 35.5 Å². The molecule has 210 valence electrons. The molecule has 7 aromatic carbocycles. The molecule has 0 nitrogen and oxygen atoms in total. The van der Waals surface area contributed by atoms with Crippen molar-refractivity contribution in [1.29, 1.82) is 0 Å². The van der Waals surface area contributed by atoms with Crippen molar-refractivity contribution in [1.82, 2.24) is 0 Å². The van der Waals surface area contributed by atoms with Gasteiger partial charge in [0.2, 0.25) is 0 Å². The maximum absolute atomic E-state index is 2.57. The van der Waals surface area contributed by atoms with Crippen molar-refractivity contribution in [3.8, 4) is 0 Å². The van der Waals surface area contributed by atoms with E-state index in [0.717, 1.165) is 0 Å². The lowest BCUT2D eigenvalue weighted by molar-refractivity contribution is 0.770. The van der Waals surface area contributed by atoms with Crippen LogP contribution in [0, 0.1) is 0 Å². The summed E-state index contributed by atoms with van der Waals surface area (Å²) in [6.07, 6.45) is 3.81. The molecule has 0 heteroatoms. The highest BCUT2D eigenvalue weighted by atomic mass is 14.6. The molecular formula is C45H30. The van der Waals surface area contributed by atoms with E-state index in [1.54, 1.807) is 66.8 Å². The van der Waals surface area contributed by atoms with Gasteiger partial charge in [0.15, 0.2) is 0 Å². The Morgan fingerprint density at radius 2 is 0.444 bits per heavy atom. The lowest BCUT2D eigenvalue weighted by atomic mass is 9.69. The van der Waals surface area contributed by atoms with Crippen LogP contribution in [-0.4, -0.2) is 0 Å². The predicted molar refractivity (Wildman–Crippen MR) is 183 cm³/mol. The lowest BCUT2D eigenvalue weighted by Crippen LogP contribution is -2.19. The number of hydrogen-bond donors (Lipinski definition) is 0. The van der Waals surface area contributed by atoms with Crippen molar-refractivity contribution in [2.75, 3.05) is 0 Å². The molecule has 6 unspecified atom stereocenters. The van der Waals surface area contributed by atoms with Crippen LogP contribution in [0.1, 0.15) is 122 Å². The van der Waals surface area contributed by atoms with E-state index in [4.69, 9.17) is 0 Å². The van der Waals surface area contributed by atoms with Crippen molar-refractivity contribution < 1.29 is 0 Å². The van der Waals surface area contributed by atoms with Gasteiger partial charge in [0.25, 0.3) is 0 Å². The summed E-state index contributed by atoms with van der Waals surface area (Å²) in [5.74, 6) is 3.26. The molecule has 6 bridgehead atoms. The Balaban J connectivity index is 1.12. The van der Waals surface area contributed by atoms with Crippen LogP contribution in [0.15, 0.2) is 109 Å². The molecule has 0 radical (unpaired) electrons. The molecule has 0 amide bonds. The van der Waals surface area contributed by atoms with Gasteiger partial charge in [-0.15, -0.1) is 0 Å². The molecule has 13 rings (SSSR count). The van der Waals surface area contributed by atoms with Crippen molar-refractivity contribution >= 4 is 32.3 Å². The molecule has 6 aliphatic carbocycles. The van der Waals surface area contributed by atoms with Crippen LogP contribution in [0.25, 0.3) is 32.3 Å². The minimum absolute atomic E-state index is 0.544. The summed E-state index contributed by atoms with van der Waals surface area (Å²) >= 11 is 0. The Kier molecular flexibility index (Phi) is 3.75. The van der Waals surface area contributed by atoms with Crippen molar-refractivity contribution in [3.05, 3.63) is 176 Å². The Morgan fingerprint density at radius 3 is 0.622 bits per heavy atom. The third kappa shape index (κ3) is 2.49. The van der Waals surface area contributed by atoms with Crippen molar-refractivity contribution in [3.63, 3.8) is 0 Å². The van der Waals surface area contributed by atoms with Crippen LogP contribution in [0.2, 0.25) is 0 Å². The second-order valence-corrected chi connectivity index (χ2v) is 15.0. The molecule has 0 spiro atoms. The third-order valence-corrected chi connectivity index (χ3v) is 13.4. The lowest BCUT2D eigenvalue weighted by Gasteiger charge is -2.35. The third-order valence-electron chi connectivity index (χ3n) is 13.4. The van der Waals surface area contributed by atoms with Gasteiger partial charge in [0.05, 0.1) is 0 Å². The molecule has 6 aliphatic rings. The summed E-state index contributed by atoms with van der Waals surface area (Å²) in [6.45, 7) is 0. The van der Waals surface area contributed by atoms with Crippen molar-refractivity contribution in [2.45, 2.75) is 54.8 Å². The van der Waals surface area contributed by atoms with Gasteiger partial charge in [-0.3, -0.25) is 0 Å². The molecule has 7 aromatic rings. The largest absolute Gasteiger partial charge is 0.0616 e. The summed E-state index contributed by atoms with van der Waals surface area (Å²) in [4.78, 5) is 0. The van der Waals surface area contributed by atoms with E-state index >= 15 is 0 Å². The normalized spacial score (nSPS) is 26.4. The van der Waals surface area contributed by atoms with E-state index < -0.39 is 0 Å². The Bertz CT molecular complexity index is 2090. The minimum atomic E-state index is 0.544. The highest BCUT2D eigenvalue weighted by molar-refractivity contribution is 5.91. The molecule has 0 aliphatic heterocycles. The number of rotatable bonds is 0. The molecule has 0 N–H and O–H groups in total.